The van der Waals surface area contributed by atoms with Gasteiger partial charge in [0.2, 0.25) is 0 Å². The molecule has 1 amide bonds. The Balaban J connectivity index is 1.43. The van der Waals surface area contributed by atoms with E-state index in [1.807, 2.05) is 0 Å². The zero-order valence-electron chi connectivity index (χ0n) is 16.2. The third kappa shape index (κ3) is 3.94. The maximum atomic E-state index is 13.0. The van der Waals surface area contributed by atoms with E-state index in [0.717, 1.165) is 23.8 Å². The molecule has 0 saturated heterocycles. The predicted molar refractivity (Wildman–Crippen MR) is 110 cm³/mol. The van der Waals surface area contributed by atoms with Crippen LogP contribution in [0.3, 0.4) is 0 Å². The van der Waals surface area contributed by atoms with Gasteiger partial charge in [-0.25, -0.2) is 8.42 Å². The van der Waals surface area contributed by atoms with E-state index in [-0.39, 0.29) is 23.1 Å². The second-order valence-electron chi connectivity index (χ2n) is 7.45. The first kappa shape index (κ1) is 20.1. The molecule has 0 aliphatic heterocycles. The molecule has 1 aliphatic rings. The highest BCUT2D eigenvalue weighted by molar-refractivity contribution is 7.92. The second-order valence-corrected chi connectivity index (χ2v) is 9.62. The molecular weight excluding hydrogens is 402 g/mol. The van der Waals surface area contributed by atoms with Crippen molar-refractivity contribution in [3.63, 3.8) is 0 Å². The summed E-state index contributed by atoms with van der Waals surface area (Å²) in [6.07, 6.45) is 6.04. The molecule has 2 unspecified atom stereocenters. The molecule has 0 radical (unpaired) electrons. The molecule has 8 heteroatoms. The number of rotatable bonds is 5. The Morgan fingerprint density at radius 1 is 1.20 bits per heavy atom. The van der Waals surface area contributed by atoms with Gasteiger partial charge in [-0.2, -0.15) is 5.26 Å². The number of carbonyl (C=O) groups excluding carboxylic acids is 1. The molecule has 7 nitrogen and oxygen atoms in total. The smallest absolute Gasteiger partial charge is 0.287 e. The van der Waals surface area contributed by atoms with E-state index in [9.17, 15) is 18.5 Å². The van der Waals surface area contributed by atoms with E-state index in [1.165, 1.54) is 0 Å². The summed E-state index contributed by atoms with van der Waals surface area (Å²) in [5, 5.41) is 12.2. The molecule has 4 rings (SSSR count). The van der Waals surface area contributed by atoms with Gasteiger partial charge in [0.15, 0.2) is 21.2 Å². The van der Waals surface area contributed by atoms with Crippen LogP contribution in [0.1, 0.15) is 41.8 Å². The van der Waals surface area contributed by atoms with Crippen LogP contribution < -0.4 is 5.32 Å². The zero-order chi connectivity index (χ0) is 21.1. The van der Waals surface area contributed by atoms with Gasteiger partial charge in [0.1, 0.15) is 0 Å². The topological polar surface area (TPSA) is 113 Å². The van der Waals surface area contributed by atoms with Crippen molar-refractivity contribution < 1.29 is 17.6 Å². The molecule has 3 aromatic rings. The van der Waals surface area contributed by atoms with Gasteiger partial charge >= 0.3 is 0 Å². The molecule has 1 saturated carbocycles. The summed E-state index contributed by atoms with van der Waals surface area (Å²) < 4.78 is 31.4. The summed E-state index contributed by atoms with van der Waals surface area (Å²) in [6.45, 7) is 0.235. The van der Waals surface area contributed by atoms with E-state index >= 15 is 0 Å². The van der Waals surface area contributed by atoms with Crippen molar-refractivity contribution in [1.82, 2.24) is 10.3 Å². The van der Waals surface area contributed by atoms with Crippen molar-refractivity contribution in [3.8, 4) is 6.07 Å². The number of pyridine rings is 1. The summed E-state index contributed by atoms with van der Waals surface area (Å²) in [7, 11) is -3.56. The molecule has 30 heavy (non-hydrogen) atoms. The largest absolute Gasteiger partial charge is 0.449 e. The zero-order valence-corrected chi connectivity index (χ0v) is 17.1. The molecule has 1 aromatic carbocycles. The van der Waals surface area contributed by atoms with Gasteiger partial charge in [-0.3, -0.25) is 9.78 Å². The van der Waals surface area contributed by atoms with Crippen molar-refractivity contribution >= 4 is 26.7 Å². The molecule has 2 atom stereocenters. The van der Waals surface area contributed by atoms with Crippen LogP contribution in [0.15, 0.2) is 58.1 Å². The fourth-order valence-electron chi connectivity index (χ4n) is 3.85. The number of amides is 1. The average Bonchev–Trinajstić information content (AvgIpc) is 3.22. The van der Waals surface area contributed by atoms with E-state index in [0.29, 0.717) is 18.4 Å². The Kier molecular flexibility index (Phi) is 5.55. The number of hydrogen-bond acceptors (Lipinski definition) is 6. The minimum Gasteiger partial charge on any atom is -0.449 e. The molecule has 0 bridgehead atoms. The first-order valence-electron chi connectivity index (χ1n) is 9.83. The quantitative estimate of drug-likeness (QED) is 0.671. The number of nitriles is 1. The molecular formula is C22H21N3O4S. The van der Waals surface area contributed by atoms with Crippen LogP contribution in [-0.4, -0.2) is 24.6 Å². The molecule has 0 spiro atoms. The van der Waals surface area contributed by atoms with Crippen molar-refractivity contribution in [1.29, 1.82) is 5.26 Å². The molecule has 2 aromatic heterocycles. The number of aromatic nitrogens is 1. The van der Waals surface area contributed by atoms with Gasteiger partial charge in [0.25, 0.3) is 5.91 Å². The number of nitrogens with zero attached hydrogens (tertiary/aromatic N) is 2. The third-order valence-corrected chi connectivity index (χ3v) is 7.81. The lowest BCUT2D eigenvalue weighted by Crippen LogP contribution is -2.32. The number of nitrogens with one attached hydrogen (secondary N) is 1. The van der Waals surface area contributed by atoms with Gasteiger partial charge in [-0.1, -0.05) is 25.0 Å². The van der Waals surface area contributed by atoms with Gasteiger partial charge in [0, 0.05) is 18.1 Å². The lowest BCUT2D eigenvalue weighted by molar-refractivity contribution is 0.0925. The fraction of sp³-hybridized carbons (Fsp3) is 0.318. The SMILES string of the molecule is N#CC1CCCCC1S(=O)(=O)c1ccc(CNC(=O)c2cc3ccncc3o2)cc1. The monoisotopic (exact) mass is 423 g/mol. The highest BCUT2D eigenvalue weighted by Gasteiger charge is 2.36. The Hall–Kier alpha value is -3.18. The summed E-state index contributed by atoms with van der Waals surface area (Å²) in [5.41, 5.74) is 1.30. The van der Waals surface area contributed by atoms with Crippen LogP contribution in [0.5, 0.6) is 0 Å². The molecule has 1 N–H and O–H groups in total. The third-order valence-electron chi connectivity index (χ3n) is 5.52. The van der Waals surface area contributed by atoms with Crippen LogP contribution in [0.4, 0.5) is 0 Å². The maximum Gasteiger partial charge on any atom is 0.287 e. The second kappa shape index (κ2) is 8.28. The van der Waals surface area contributed by atoms with Crippen molar-refractivity contribution in [2.75, 3.05) is 0 Å². The lowest BCUT2D eigenvalue weighted by atomic mass is 9.90. The van der Waals surface area contributed by atoms with Crippen LogP contribution in [-0.2, 0) is 16.4 Å². The van der Waals surface area contributed by atoms with Crippen LogP contribution in [0, 0.1) is 17.2 Å². The minimum atomic E-state index is -3.56. The number of furan rings is 1. The number of sulfone groups is 1. The van der Waals surface area contributed by atoms with Gasteiger partial charge in [-0.15, -0.1) is 0 Å². The van der Waals surface area contributed by atoms with Gasteiger partial charge in [-0.05, 0) is 42.7 Å². The van der Waals surface area contributed by atoms with Crippen LogP contribution in [0.2, 0.25) is 0 Å². The summed E-state index contributed by atoms with van der Waals surface area (Å²) in [5.74, 6) is -0.624. The minimum absolute atomic E-state index is 0.192. The standard InChI is InChI=1S/C22H21N3O4S/c23-12-17-3-1-2-4-21(17)30(27,28)18-7-5-15(6-8-18)13-25-22(26)19-11-16-9-10-24-14-20(16)29-19/h5-11,14,17,21H,1-4,13H2,(H,25,26). The van der Waals surface area contributed by atoms with Gasteiger partial charge < -0.3 is 9.73 Å². The Morgan fingerprint density at radius 3 is 2.70 bits per heavy atom. The number of fused-ring (bicyclic) bond motifs is 1. The number of hydrogen-bond donors (Lipinski definition) is 1. The summed E-state index contributed by atoms with van der Waals surface area (Å²) in [6, 6.07) is 12.0. The fourth-order valence-corrected chi connectivity index (χ4v) is 5.82. The number of carbonyl (C=O) groups is 1. The van der Waals surface area contributed by atoms with Crippen molar-refractivity contribution in [3.05, 3.63) is 60.1 Å². The molecule has 154 valence electrons. The highest BCUT2D eigenvalue weighted by Crippen LogP contribution is 2.33. The van der Waals surface area contributed by atoms with Crippen LogP contribution in [0.25, 0.3) is 11.0 Å². The highest BCUT2D eigenvalue weighted by atomic mass is 32.2. The van der Waals surface area contributed by atoms with Crippen molar-refractivity contribution in [2.24, 2.45) is 5.92 Å². The van der Waals surface area contributed by atoms with Crippen molar-refractivity contribution in [2.45, 2.75) is 42.4 Å². The summed E-state index contributed by atoms with van der Waals surface area (Å²) in [4.78, 5) is 16.5. The Labute approximate surface area is 174 Å². The van der Waals surface area contributed by atoms with Crippen LogP contribution >= 0.6 is 0 Å². The summed E-state index contributed by atoms with van der Waals surface area (Å²) >= 11 is 0. The number of benzene rings is 1. The van der Waals surface area contributed by atoms with Gasteiger partial charge in [0.05, 0.1) is 28.3 Å². The lowest BCUT2D eigenvalue weighted by Gasteiger charge is -2.26. The Bertz CT molecular complexity index is 1180. The first-order valence-corrected chi connectivity index (χ1v) is 11.4. The van der Waals surface area contributed by atoms with E-state index in [1.54, 1.807) is 48.8 Å². The average molecular weight is 423 g/mol. The Morgan fingerprint density at radius 2 is 1.97 bits per heavy atom. The van der Waals surface area contributed by atoms with E-state index in [4.69, 9.17) is 4.42 Å². The molecule has 1 fully saturated rings. The van der Waals surface area contributed by atoms with E-state index in [2.05, 4.69) is 16.4 Å². The first-order chi connectivity index (χ1) is 14.5. The molecule has 2 heterocycles. The molecule has 1 aliphatic carbocycles. The normalized spacial score (nSPS) is 19.3. The maximum absolute atomic E-state index is 13.0. The predicted octanol–water partition coefficient (Wildman–Crippen LogP) is 3.61. The van der Waals surface area contributed by atoms with E-state index < -0.39 is 21.0 Å².